The van der Waals surface area contributed by atoms with E-state index in [-0.39, 0.29) is 0 Å². The van der Waals surface area contributed by atoms with Crippen LogP contribution in [0.1, 0.15) is 5.56 Å². The minimum atomic E-state index is -0.727. The van der Waals surface area contributed by atoms with Crippen molar-refractivity contribution in [1.29, 1.82) is 0 Å². The topological polar surface area (TPSA) is 82.6 Å². The van der Waals surface area contributed by atoms with Crippen molar-refractivity contribution in [2.45, 2.75) is 12.2 Å². The molecule has 0 saturated carbocycles. The maximum atomic E-state index is 9.44. The standard InChI is InChI=1S/C10H13N3O2S/c11-10(16)6-1-2-12-9(3-6)13-4-7(14)8(15)5-13/h1-3,7-8,14-15H,4-5H2,(H2,11,16). The Bertz CT molecular complexity index is 403. The summed E-state index contributed by atoms with van der Waals surface area (Å²) in [5.74, 6) is 0.668. The van der Waals surface area contributed by atoms with E-state index in [1.165, 1.54) is 0 Å². The fraction of sp³-hybridized carbons (Fsp3) is 0.400. The number of nitrogens with two attached hydrogens (primary N) is 1. The third kappa shape index (κ3) is 2.13. The summed E-state index contributed by atoms with van der Waals surface area (Å²) in [6.07, 6.45) is 0.159. The molecule has 1 aliphatic rings. The third-order valence-corrected chi connectivity index (χ3v) is 2.85. The SMILES string of the molecule is NC(=S)c1ccnc(N2CC(O)C(O)C2)c1. The lowest BCUT2D eigenvalue weighted by Crippen LogP contribution is -2.22. The molecule has 1 aliphatic heterocycles. The summed E-state index contributed by atoms with van der Waals surface area (Å²) in [5, 5.41) is 18.9. The second-order valence-corrected chi connectivity index (χ2v) is 4.25. The number of aromatic nitrogens is 1. The van der Waals surface area contributed by atoms with Gasteiger partial charge in [0.2, 0.25) is 0 Å². The van der Waals surface area contributed by atoms with Crippen molar-refractivity contribution in [1.82, 2.24) is 4.98 Å². The molecule has 1 fully saturated rings. The predicted octanol–water partition coefficient (Wildman–Crippen LogP) is -0.742. The molecule has 1 aromatic rings. The Labute approximate surface area is 98.5 Å². The lowest BCUT2D eigenvalue weighted by Gasteiger charge is -2.16. The van der Waals surface area contributed by atoms with Crippen LogP contribution in [0.3, 0.4) is 0 Å². The van der Waals surface area contributed by atoms with Gasteiger partial charge in [0, 0.05) is 24.8 Å². The quantitative estimate of drug-likeness (QED) is 0.590. The molecule has 0 spiro atoms. The Kier molecular flexibility index (Phi) is 3.04. The maximum absolute atomic E-state index is 9.44. The molecule has 5 nitrogen and oxygen atoms in total. The Morgan fingerprint density at radius 3 is 2.62 bits per heavy atom. The van der Waals surface area contributed by atoms with E-state index in [0.29, 0.717) is 23.9 Å². The normalized spacial score (nSPS) is 24.8. The summed E-state index contributed by atoms with van der Waals surface area (Å²) in [4.78, 5) is 6.27. The van der Waals surface area contributed by atoms with Gasteiger partial charge in [-0.1, -0.05) is 12.2 Å². The molecular formula is C10H13N3O2S. The first-order chi connectivity index (χ1) is 7.58. The number of rotatable bonds is 2. The number of pyridine rings is 1. The monoisotopic (exact) mass is 239 g/mol. The van der Waals surface area contributed by atoms with E-state index in [0.717, 1.165) is 5.56 Å². The van der Waals surface area contributed by atoms with E-state index in [4.69, 9.17) is 18.0 Å². The molecule has 0 bridgehead atoms. The van der Waals surface area contributed by atoms with E-state index in [2.05, 4.69) is 4.98 Å². The average molecular weight is 239 g/mol. The van der Waals surface area contributed by atoms with Crippen molar-refractivity contribution in [2.75, 3.05) is 18.0 Å². The number of aliphatic hydroxyl groups excluding tert-OH is 2. The van der Waals surface area contributed by atoms with E-state index in [1.54, 1.807) is 23.2 Å². The van der Waals surface area contributed by atoms with Gasteiger partial charge in [0.15, 0.2) is 0 Å². The molecule has 2 rings (SSSR count). The molecule has 2 unspecified atom stereocenters. The fourth-order valence-electron chi connectivity index (χ4n) is 1.70. The highest BCUT2D eigenvalue weighted by Gasteiger charge is 2.30. The minimum absolute atomic E-state index is 0.309. The van der Waals surface area contributed by atoms with Gasteiger partial charge >= 0.3 is 0 Å². The summed E-state index contributed by atoms with van der Waals surface area (Å²) in [7, 11) is 0. The van der Waals surface area contributed by atoms with Crippen LogP contribution >= 0.6 is 12.2 Å². The van der Waals surface area contributed by atoms with Crippen LogP contribution in [0, 0.1) is 0 Å². The number of anilines is 1. The van der Waals surface area contributed by atoms with Crippen molar-refractivity contribution in [3.63, 3.8) is 0 Å². The molecule has 16 heavy (non-hydrogen) atoms. The molecule has 2 atom stereocenters. The molecule has 2 heterocycles. The Morgan fingerprint density at radius 1 is 1.44 bits per heavy atom. The number of β-amino-alcohol motifs (C(OH)–C–C–N with tert-alkyl or cyclic N) is 2. The zero-order valence-electron chi connectivity index (χ0n) is 8.58. The number of hydrogen-bond donors (Lipinski definition) is 3. The Balaban J connectivity index is 2.21. The summed E-state index contributed by atoms with van der Waals surface area (Å²) in [5.41, 5.74) is 6.25. The van der Waals surface area contributed by atoms with Gasteiger partial charge in [0.1, 0.15) is 10.8 Å². The van der Waals surface area contributed by atoms with Crippen LogP contribution in [0.15, 0.2) is 18.3 Å². The van der Waals surface area contributed by atoms with Gasteiger partial charge in [0.05, 0.1) is 12.2 Å². The van der Waals surface area contributed by atoms with E-state index >= 15 is 0 Å². The van der Waals surface area contributed by atoms with Crippen LogP contribution in [0.25, 0.3) is 0 Å². The number of aliphatic hydroxyl groups is 2. The maximum Gasteiger partial charge on any atom is 0.129 e. The highest BCUT2D eigenvalue weighted by atomic mass is 32.1. The van der Waals surface area contributed by atoms with Gasteiger partial charge in [-0.25, -0.2) is 4.98 Å². The van der Waals surface area contributed by atoms with Crippen molar-refractivity contribution < 1.29 is 10.2 Å². The zero-order chi connectivity index (χ0) is 11.7. The number of thiocarbonyl (C=S) groups is 1. The Hall–Kier alpha value is -1.24. The molecule has 1 saturated heterocycles. The second-order valence-electron chi connectivity index (χ2n) is 3.81. The highest BCUT2D eigenvalue weighted by molar-refractivity contribution is 7.80. The molecule has 6 heteroatoms. The van der Waals surface area contributed by atoms with Crippen LogP contribution in [0.2, 0.25) is 0 Å². The first kappa shape index (κ1) is 11.3. The predicted molar refractivity (Wildman–Crippen MR) is 64.4 cm³/mol. The van der Waals surface area contributed by atoms with Gasteiger partial charge < -0.3 is 20.8 Å². The molecule has 0 aliphatic carbocycles. The zero-order valence-corrected chi connectivity index (χ0v) is 9.39. The van der Waals surface area contributed by atoms with Crippen molar-refractivity contribution >= 4 is 23.0 Å². The summed E-state index contributed by atoms with van der Waals surface area (Å²) in [6, 6.07) is 3.49. The first-order valence-electron chi connectivity index (χ1n) is 4.95. The van der Waals surface area contributed by atoms with E-state index < -0.39 is 12.2 Å². The molecule has 0 aromatic carbocycles. The second kappa shape index (κ2) is 4.32. The van der Waals surface area contributed by atoms with Gasteiger partial charge in [-0.3, -0.25) is 0 Å². The van der Waals surface area contributed by atoms with Crippen molar-refractivity contribution in [2.24, 2.45) is 5.73 Å². The molecule has 86 valence electrons. The average Bonchev–Trinajstić information content (AvgIpc) is 2.59. The number of hydrogen-bond acceptors (Lipinski definition) is 5. The lowest BCUT2D eigenvalue weighted by atomic mass is 10.2. The van der Waals surface area contributed by atoms with Gasteiger partial charge in [0.25, 0.3) is 0 Å². The van der Waals surface area contributed by atoms with E-state index in [1.807, 2.05) is 0 Å². The van der Waals surface area contributed by atoms with Gasteiger partial charge in [-0.05, 0) is 12.1 Å². The molecule has 0 radical (unpaired) electrons. The molecule has 1 aromatic heterocycles. The molecule has 0 amide bonds. The molecule has 4 N–H and O–H groups in total. The molecular weight excluding hydrogens is 226 g/mol. The van der Waals surface area contributed by atoms with Crippen LogP contribution in [0.4, 0.5) is 5.82 Å². The van der Waals surface area contributed by atoms with Crippen LogP contribution in [-0.4, -0.2) is 45.5 Å². The largest absolute Gasteiger partial charge is 0.389 e. The highest BCUT2D eigenvalue weighted by Crippen LogP contribution is 2.19. The Morgan fingerprint density at radius 2 is 2.06 bits per heavy atom. The van der Waals surface area contributed by atoms with Crippen LogP contribution < -0.4 is 10.6 Å². The van der Waals surface area contributed by atoms with Crippen LogP contribution in [-0.2, 0) is 0 Å². The number of nitrogens with zero attached hydrogens (tertiary/aromatic N) is 2. The third-order valence-electron chi connectivity index (χ3n) is 2.61. The smallest absolute Gasteiger partial charge is 0.129 e. The first-order valence-corrected chi connectivity index (χ1v) is 5.35. The van der Waals surface area contributed by atoms with Crippen LogP contribution in [0.5, 0.6) is 0 Å². The summed E-state index contributed by atoms with van der Waals surface area (Å²) in [6.45, 7) is 0.740. The lowest BCUT2D eigenvalue weighted by molar-refractivity contribution is 0.0572. The van der Waals surface area contributed by atoms with Gasteiger partial charge in [-0.2, -0.15) is 0 Å². The summed E-state index contributed by atoms with van der Waals surface area (Å²) >= 11 is 4.88. The fourth-order valence-corrected chi connectivity index (χ4v) is 1.83. The summed E-state index contributed by atoms with van der Waals surface area (Å²) < 4.78 is 0. The minimum Gasteiger partial charge on any atom is -0.389 e. The van der Waals surface area contributed by atoms with Gasteiger partial charge in [-0.15, -0.1) is 0 Å². The van der Waals surface area contributed by atoms with Crippen molar-refractivity contribution in [3.8, 4) is 0 Å². The van der Waals surface area contributed by atoms with E-state index in [9.17, 15) is 10.2 Å². The van der Waals surface area contributed by atoms with Crippen molar-refractivity contribution in [3.05, 3.63) is 23.9 Å².